The van der Waals surface area contributed by atoms with E-state index < -0.39 is 23.0 Å². The number of nitrogens with one attached hydrogen (secondary N) is 1. The van der Waals surface area contributed by atoms with Crippen molar-refractivity contribution in [3.63, 3.8) is 0 Å². The van der Waals surface area contributed by atoms with Crippen LogP contribution in [0.2, 0.25) is 5.15 Å². The number of rotatable bonds is 7. The average molecular weight is 503 g/mol. The highest BCUT2D eigenvalue weighted by molar-refractivity contribution is 6.29. The first-order valence-corrected chi connectivity index (χ1v) is 10.8. The minimum Gasteiger partial charge on any atom is -0.481 e. The first-order chi connectivity index (χ1) is 16.6. The van der Waals surface area contributed by atoms with E-state index in [0.717, 1.165) is 12.1 Å². The minimum absolute atomic E-state index is 0.0385. The van der Waals surface area contributed by atoms with Crippen LogP contribution in [-0.4, -0.2) is 44.5 Å². The van der Waals surface area contributed by atoms with Gasteiger partial charge in [0.05, 0.1) is 35.0 Å². The molecule has 4 aromatic rings. The first kappa shape index (κ1) is 24.3. The van der Waals surface area contributed by atoms with E-state index in [1.54, 1.807) is 29.9 Å². The molecule has 3 heterocycles. The molecular weight excluding hydrogens is 482 g/mol. The van der Waals surface area contributed by atoms with Crippen LogP contribution in [0.4, 0.5) is 8.78 Å². The highest BCUT2D eigenvalue weighted by Crippen LogP contribution is 2.39. The van der Waals surface area contributed by atoms with Crippen LogP contribution >= 0.6 is 11.6 Å². The Morgan fingerprint density at radius 2 is 2.03 bits per heavy atom. The fourth-order valence-corrected chi connectivity index (χ4v) is 4.12. The molecule has 1 N–H and O–H groups in total. The van der Waals surface area contributed by atoms with Crippen molar-refractivity contribution in [1.29, 1.82) is 0 Å². The van der Waals surface area contributed by atoms with Crippen LogP contribution in [0.1, 0.15) is 34.5 Å². The Hall–Kier alpha value is -3.86. The molecule has 35 heavy (non-hydrogen) atoms. The maximum atomic E-state index is 14.1. The molecule has 0 saturated carbocycles. The van der Waals surface area contributed by atoms with Crippen LogP contribution < -0.4 is 10.1 Å². The molecule has 0 radical (unpaired) electrons. The van der Waals surface area contributed by atoms with E-state index in [4.69, 9.17) is 20.9 Å². The lowest BCUT2D eigenvalue weighted by molar-refractivity contribution is 0.0933. The van der Waals surface area contributed by atoms with Crippen molar-refractivity contribution < 1.29 is 22.8 Å². The van der Waals surface area contributed by atoms with Crippen LogP contribution in [0.15, 0.2) is 40.9 Å². The van der Waals surface area contributed by atoms with Crippen molar-refractivity contribution >= 4 is 17.5 Å². The van der Waals surface area contributed by atoms with Gasteiger partial charge in [0.15, 0.2) is 0 Å². The summed E-state index contributed by atoms with van der Waals surface area (Å²) in [5.41, 5.74) is 0.916. The van der Waals surface area contributed by atoms with E-state index in [1.165, 1.54) is 7.11 Å². The number of aromatic nitrogens is 5. The average Bonchev–Trinajstić information content (AvgIpc) is 3.41. The SMILES string of the molecule is COc1c(C(C)(CNC(=O)c2noc(-c3ccc(F)cc3F)n2)c2cccc(Cl)n2)c(C)nn1C. The van der Waals surface area contributed by atoms with E-state index in [1.807, 2.05) is 13.8 Å². The van der Waals surface area contributed by atoms with Crippen LogP contribution in [0.3, 0.4) is 0 Å². The summed E-state index contributed by atoms with van der Waals surface area (Å²) in [4.78, 5) is 21.3. The van der Waals surface area contributed by atoms with Crippen molar-refractivity contribution in [2.75, 3.05) is 13.7 Å². The summed E-state index contributed by atoms with van der Waals surface area (Å²) in [7, 11) is 3.27. The van der Waals surface area contributed by atoms with E-state index in [9.17, 15) is 13.6 Å². The van der Waals surface area contributed by atoms with Crippen LogP contribution in [0.5, 0.6) is 5.88 Å². The quantitative estimate of drug-likeness (QED) is 0.382. The van der Waals surface area contributed by atoms with Gasteiger partial charge in [-0.2, -0.15) is 10.1 Å². The molecule has 4 rings (SSSR count). The summed E-state index contributed by atoms with van der Waals surface area (Å²) in [5.74, 6) is -2.39. The van der Waals surface area contributed by atoms with Crippen molar-refractivity contribution in [2.45, 2.75) is 19.3 Å². The van der Waals surface area contributed by atoms with Crippen molar-refractivity contribution in [2.24, 2.45) is 7.05 Å². The molecule has 1 amide bonds. The summed E-state index contributed by atoms with van der Waals surface area (Å²) in [6.07, 6.45) is 0. The van der Waals surface area contributed by atoms with Gasteiger partial charge in [0, 0.05) is 19.7 Å². The maximum Gasteiger partial charge on any atom is 0.292 e. The number of methoxy groups -OCH3 is 1. The van der Waals surface area contributed by atoms with E-state index in [2.05, 4.69) is 25.5 Å². The lowest BCUT2D eigenvalue weighted by Gasteiger charge is -2.30. The van der Waals surface area contributed by atoms with Gasteiger partial charge in [-0.3, -0.25) is 4.79 Å². The Kier molecular flexibility index (Phi) is 6.53. The Labute approximate surface area is 204 Å². The summed E-state index contributed by atoms with van der Waals surface area (Å²) in [5, 5.41) is 11.1. The molecule has 0 aliphatic carbocycles. The highest BCUT2D eigenvalue weighted by atomic mass is 35.5. The molecule has 0 aliphatic rings. The number of hydrogen-bond acceptors (Lipinski definition) is 7. The Bertz CT molecular complexity index is 1410. The van der Waals surface area contributed by atoms with Crippen molar-refractivity contribution in [1.82, 2.24) is 30.2 Å². The molecule has 182 valence electrons. The van der Waals surface area contributed by atoms with Gasteiger partial charge in [-0.1, -0.05) is 22.8 Å². The van der Waals surface area contributed by atoms with Gasteiger partial charge in [0.25, 0.3) is 17.6 Å². The summed E-state index contributed by atoms with van der Waals surface area (Å²) >= 11 is 6.16. The lowest BCUT2D eigenvalue weighted by atomic mass is 9.78. The van der Waals surface area contributed by atoms with Gasteiger partial charge in [-0.25, -0.2) is 18.4 Å². The van der Waals surface area contributed by atoms with Gasteiger partial charge in [0.2, 0.25) is 5.88 Å². The maximum absolute atomic E-state index is 14.1. The third-order valence-electron chi connectivity index (χ3n) is 5.59. The number of amides is 1. The molecule has 1 unspecified atom stereocenters. The third kappa shape index (κ3) is 4.59. The lowest BCUT2D eigenvalue weighted by Crippen LogP contribution is -2.41. The number of aryl methyl sites for hydroxylation is 2. The minimum atomic E-state index is -0.917. The number of nitrogens with zero attached hydrogens (tertiary/aromatic N) is 5. The zero-order chi connectivity index (χ0) is 25.3. The fourth-order valence-electron chi connectivity index (χ4n) is 3.95. The van der Waals surface area contributed by atoms with E-state index >= 15 is 0 Å². The molecule has 3 aromatic heterocycles. The summed E-state index contributed by atoms with van der Waals surface area (Å²) < 4.78 is 39.5. The predicted octanol–water partition coefficient (Wildman–Crippen LogP) is 3.85. The van der Waals surface area contributed by atoms with E-state index in [-0.39, 0.29) is 29.0 Å². The monoisotopic (exact) mass is 502 g/mol. The largest absolute Gasteiger partial charge is 0.481 e. The molecule has 0 saturated heterocycles. The number of ether oxygens (including phenoxy) is 1. The van der Waals surface area contributed by atoms with Gasteiger partial charge >= 0.3 is 0 Å². The Morgan fingerprint density at radius 3 is 2.71 bits per heavy atom. The normalized spacial score (nSPS) is 12.9. The third-order valence-corrected chi connectivity index (χ3v) is 5.80. The van der Waals surface area contributed by atoms with Crippen molar-refractivity contribution in [3.8, 4) is 17.3 Å². The van der Waals surface area contributed by atoms with Gasteiger partial charge in [0.1, 0.15) is 16.8 Å². The number of hydrogen-bond donors (Lipinski definition) is 1. The van der Waals surface area contributed by atoms with Gasteiger partial charge in [-0.15, -0.1) is 0 Å². The topological polar surface area (TPSA) is 108 Å². The van der Waals surface area contributed by atoms with Gasteiger partial charge < -0.3 is 14.6 Å². The Balaban J connectivity index is 1.66. The summed E-state index contributed by atoms with van der Waals surface area (Å²) in [6.45, 7) is 3.73. The molecule has 0 bridgehead atoms. The Morgan fingerprint density at radius 1 is 1.26 bits per heavy atom. The molecule has 9 nitrogen and oxygen atoms in total. The molecule has 0 spiro atoms. The second-order valence-corrected chi connectivity index (χ2v) is 8.39. The van der Waals surface area contributed by atoms with Crippen LogP contribution in [-0.2, 0) is 12.5 Å². The zero-order valence-corrected chi connectivity index (χ0v) is 20.0. The molecular formula is C23H21ClF2N6O3. The molecule has 1 atom stereocenters. The zero-order valence-electron chi connectivity index (χ0n) is 19.3. The number of carbonyl (C=O) groups excluding carboxylic acids is 1. The smallest absolute Gasteiger partial charge is 0.292 e. The van der Waals surface area contributed by atoms with Crippen LogP contribution in [0, 0.1) is 18.6 Å². The highest BCUT2D eigenvalue weighted by Gasteiger charge is 2.38. The number of carbonyl (C=O) groups is 1. The number of benzene rings is 1. The number of halogens is 3. The molecule has 1 aromatic carbocycles. The molecule has 0 fully saturated rings. The number of pyridine rings is 1. The summed E-state index contributed by atoms with van der Waals surface area (Å²) in [6, 6.07) is 8.08. The fraction of sp³-hybridized carbons (Fsp3) is 0.261. The van der Waals surface area contributed by atoms with Gasteiger partial charge in [-0.05, 0) is 38.1 Å². The standard InChI is InChI=1S/C23H21ClF2N6O3/c1-12-18(22(34-4)32(3)30-12)23(2,16-6-5-7-17(24)28-16)11-27-20(33)19-29-21(35-31-19)14-9-8-13(25)10-15(14)26/h5-10H,11H2,1-4H3,(H,27,33). The molecule has 0 aliphatic heterocycles. The predicted molar refractivity (Wildman–Crippen MR) is 122 cm³/mol. The first-order valence-electron chi connectivity index (χ1n) is 10.4. The second kappa shape index (κ2) is 9.41. The second-order valence-electron chi connectivity index (χ2n) is 8.00. The van der Waals surface area contributed by atoms with Crippen molar-refractivity contribution in [3.05, 3.63) is 76.0 Å². The van der Waals surface area contributed by atoms with E-state index in [0.29, 0.717) is 28.9 Å². The molecule has 12 heteroatoms. The van der Waals surface area contributed by atoms with Crippen LogP contribution in [0.25, 0.3) is 11.5 Å².